The number of carbonyl (C=O) groups is 4. The number of rotatable bonds is 16. The van der Waals surface area contributed by atoms with Gasteiger partial charge in [0.15, 0.2) is 23.1 Å². The summed E-state index contributed by atoms with van der Waals surface area (Å²) in [5.41, 5.74) is 2.89. The molecule has 18 heteroatoms. The predicted molar refractivity (Wildman–Crippen MR) is 240 cm³/mol. The third-order valence-corrected chi connectivity index (χ3v) is 12.1. The number of halogens is 2. The maximum Gasteiger partial charge on any atom is 0.414 e. The fourth-order valence-electron chi connectivity index (χ4n) is 6.34. The van der Waals surface area contributed by atoms with Crippen molar-refractivity contribution in [3.8, 4) is 0 Å². The van der Waals surface area contributed by atoms with Crippen LogP contribution in [0.3, 0.4) is 0 Å². The lowest BCUT2D eigenvalue weighted by Gasteiger charge is -2.27. The number of ketones is 2. The van der Waals surface area contributed by atoms with Gasteiger partial charge in [-0.25, -0.2) is 14.4 Å². The molecule has 0 unspecified atom stereocenters. The number of nitrogens with one attached hydrogen (secondary N) is 1. The van der Waals surface area contributed by atoms with Crippen LogP contribution >= 0.6 is 45.9 Å². The Labute approximate surface area is 373 Å². The van der Waals surface area contributed by atoms with Crippen molar-refractivity contribution in [1.29, 1.82) is 0 Å². The third kappa shape index (κ3) is 13.7. The maximum atomic E-state index is 12.3. The monoisotopic (exact) mass is 910 g/mol. The molecule has 0 saturated carbocycles. The van der Waals surface area contributed by atoms with Crippen molar-refractivity contribution in [2.75, 3.05) is 69.4 Å². The summed E-state index contributed by atoms with van der Waals surface area (Å²) < 4.78 is 16.7. The minimum Gasteiger partial charge on any atom is -0.444 e. The predicted octanol–water partition coefficient (Wildman–Crippen LogP) is 9.59. The number of benzene rings is 2. The minimum absolute atomic E-state index is 0.00260. The van der Waals surface area contributed by atoms with Gasteiger partial charge in [0, 0.05) is 50.0 Å². The van der Waals surface area contributed by atoms with Crippen LogP contribution in [0.25, 0.3) is 4.85 Å². The number of thiophene rings is 2. The van der Waals surface area contributed by atoms with Crippen LogP contribution in [0.1, 0.15) is 64.4 Å². The molecule has 3 aliphatic rings. The number of hydrogen-bond acceptors (Lipinski definition) is 13. The molecule has 5 heterocycles. The van der Waals surface area contributed by atoms with Gasteiger partial charge >= 0.3 is 12.2 Å². The molecule has 2 aromatic heterocycles. The molecule has 4 aromatic rings. The summed E-state index contributed by atoms with van der Waals surface area (Å²) in [6.07, 6.45) is 0.106. The van der Waals surface area contributed by atoms with Crippen LogP contribution < -0.4 is 15.1 Å². The molecule has 0 spiro atoms. The largest absolute Gasteiger partial charge is 0.444 e. The average Bonchev–Trinajstić information content (AvgIpc) is 4.10. The number of oxime groups is 1. The summed E-state index contributed by atoms with van der Waals surface area (Å²) in [6.45, 7) is 17.0. The van der Waals surface area contributed by atoms with Crippen LogP contribution in [-0.4, -0.2) is 106 Å². The van der Waals surface area contributed by atoms with E-state index >= 15 is 0 Å². The molecule has 2 saturated heterocycles. The molecule has 2 atom stereocenters. The molecule has 7 rings (SSSR count). The Bertz CT molecular complexity index is 2150. The topological polar surface area (TPSA) is 144 Å². The Kier molecular flexibility index (Phi) is 18.4. The van der Waals surface area contributed by atoms with E-state index in [9.17, 15) is 19.2 Å². The minimum atomic E-state index is -0.429. The van der Waals surface area contributed by atoms with Gasteiger partial charge in [-0.2, -0.15) is 0 Å². The van der Waals surface area contributed by atoms with E-state index in [0.717, 1.165) is 49.9 Å². The lowest BCUT2D eigenvalue weighted by molar-refractivity contribution is 0.0939. The number of anilines is 2. The number of likely N-dealkylation sites (N-methyl/N-ethyl adjacent to an activating group) is 2. The van der Waals surface area contributed by atoms with E-state index in [0.29, 0.717) is 75.2 Å². The third-order valence-electron chi connectivity index (χ3n) is 9.58. The SMILES string of the molecule is CCN1CCON=C1c1ccc(N2C[C@H](CCC(=O)c3ccc(Cl)s3)OC2=O)cc1.CCNCCOC.[C-]#[N+]c1ccc(N2C[C@H](CCC(=O)c3ccc(Cl)s3)OC2=O)cc1. The van der Waals surface area contributed by atoms with Gasteiger partial charge in [0.2, 0.25) is 0 Å². The van der Waals surface area contributed by atoms with Crippen molar-refractivity contribution in [2.45, 2.75) is 51.7 Å². The Morgan fingerprint density at radius 1 is 0.836 bits per heavy atom. The van der Waals surface area contributed by atoms with E-state index in [1.807, 2.05) is 24.3 Å². The highest BCUT2D eigenvalue weighted by molar-refractivity contribution is 7.18. The Hall–Kier alpha value is -5.02. The highest BCUT2D eigenvalue weighted by atomic mass is 35.5. The van der Waals surface area contributed by atoms with Gasteiger partial charge in [0.05, 0.1) is 51.2 Å². The number of methoxy groups -OCH3 is 1. The van der Waals surface area contributed by atoms with Crippen LogP contribution in [0.2, 0.25) is 8.67 Å². The number of amidine groups is 1. The van der Waals surface area contributed by atoms with Gasteiger partial charge in [0.1, 0.15) is 18.8 Å². The summed E-state index contributed by atoms with van der Waals surface area (Å²) >= 11 is 14.2. The zero-order chi connectivity index (χ0) is 43.7. The van der Waals surface area contributed by atoms with Crippen molar-refractivity contribution in [3.05, 3.63) is 108 Å². The van der Waals surface area contributed by atoms with Gasteiger partial charge in [-0.3, -0.25) is 19.4 Å². The number of nitrogens with zero attached hydrogens (tertiary/aromatic N) is 5. The number of hydrogen-bond donors (Lipinski definition) is 1. The zero-order valence-electron chi connectivity index (χ0n) is 34.1. The Balaban J connectivity index is 0.000000203. The van der Waals surface area contributed by atoms with E-state index < -0.39 is 12.2 Å². The summed E-state index contributed by atoms with van der Waals surface area (Å²) in [5.74, 6) is 0.814. The number of carbonyl (C=O) groups excluding carboxylic acids is 4. The van der Waals surface area contributed by atoms with Crippen molar-refractivity contribution in [1.82, 2.24) is 10.2 Å². The van der Waals surface area contributed by atoms with Crippen molar-refractivity contribution < 1.29 is 38.2 Å². The molecule has 2 amide bonds. The molecule has 0 bridgehead atoms. The van der Waals surface area contributed by atoms with Crippen LogP contribution in [0.5, 0.6) is 0 Å². The molecule has 2 aromatic carbocycles. The molecular weight excluding hydrogens is 864 g/mol. The van der Waals surface area contributed by atoms with E-state index in [2.05, 4.69) is 34.1 Å². The molecule has 0 aliphatic carbocycles. The Morgan fingerprint density at radius 3 is 1.80 bits per heavy atom. The fourth-order valence-corrected chi connectivity index (χ4v) is 8.36. The molecule has 2 fully saturated rings. The molecule has 14 nitrogen and oxygen atoms in total. The van der Waals surface area contributed by atoms with E-state index in [1.165, 1.54) is 27.6 Å². The number of amides is 2. The highest BCUT2D eigenvalue weighted by Crippen LogP contribution is 2.29. The number of cyclic esters (lactones) is 2. The molecule has 0 radical (unpaired) electrons. The van der Waals surface area contributed by atoms with E-state index in [-0.39, 0.29) is 23.8 Å². The second kappa shape index (κ2) is 23.8. The first-order chi connectivity index (χ1) is 29.5. The van der Waals surface area contributed by atoms with Crippen LogP contribution in [-0.2, 0) is 19.0 Å². The fraction of sp³-hybridized carbons (Fsp3) is 0.395. The lowest BCUT2D eigenvalue weighted by Crippen LogP contribution is -2.37. The van der Waals surface area contributed by atoms with Gasteiger partial charge in [-0.1, -0.05) is 47.4 Å². The first-order valence-electron chi connectivity index (χ1n) is 19.8. The molecule has 3 aliphatic heterocycles. The maximum absolute atomic E-state index is 12.3. The number of ether oxygens (including phenoxy) is 3. The van der Waals surface area contributed by atoms with Gasteiger partial charge in [-0.15, -0.1) is 22.7 Å². The first-order valence-corrected chi connectivity index (χ1v) is 22.2. The summed E-state index contributed by atoms with van der Waals surface area (Å²) in [4.78, 5) is 63.8. The molecule has 61 heavy (non-hydrogen) atoms. The quantitative estimate of drug-likeness (QED) is 0.0656. The Morgan fingerprint density at radius 2 is 1.36 bits per heavy atom. The van der Waals surface area contributed by atoms with Crippen molar-refractivity contribution in [3.63, 3.8) is 0 Å². The van der Waals surface area contributed by atoms with Crippen LogP contribution in [0.4, 0.5) is 26.7 Å². The molecular formula is C43H48Cl2N6O8S2. The average molecular weight is 912 g/mol. The molecule has 1 N–H and O–H groups in total. The molecule has 324 valence electrons. The van der Waals surface area contributed by atoms with Crippen LogP contribution in [0, 0.1) is 6.57 Å². The smallest absolute Gasteiger partial charge is 0.414 e. The van der Waals surface area contributed by atoms with Gasteiger partial charge < -0.3 is 29.3 Å². The first kappa shape index (κ1) is 47.0. The van der Waals surface area contributed by atoms with Crippen molar-refractivity contribution in [2.24, 2.45) is 5.16 Å². The second-order valence-electron chi connectivity index (χ2n) is 13.7. The van der Waals surface area contributed by atoms with E-state index in [4.69, 9.17) is 48.8 Å². The zero-order valence-corrected chi connectivity index (χ0v) is 37.3. The van der Waals surface area contributed by atoms with Crippen molar-refractivity contribution >= 4 is 92.5 Å². The lowest BCUT2D eigenvalue weighted by atomic mass is 10.1. The van der Waals surface area contributed by atoms with Gasteiger partial charge in [0.25, 0.3) is 0 Å². The second-order valence-corrected chi connectivity index (χ2v) is 17.1. The van der Waals surface area contributed by atoms with Crippen LogP contribution in [0.15, 0.2) is 78.0 Å². The standard InChI is InChI=1S/C21H22ClN3O4S.C17H13ClN2O3S.C5H13NO/c1-2-24-11-12-28-23-20(24)14-3-5-15(6-4-14)25-13-16(29-21(25)27)7-8-17(26)18-9-10-19(22)30-18;1-19-11-2-4-12(5-3-11)20-10-13(23-17(20)22)6-7-14(21)15-8-9-16(18)24-15;1-3-6-4-5-7-2/h3-6,9-10,16H,2,7-8,11-13H2,1H3;2-5,8-9,13H,6-7,10H2;6H,3-5H2,1-2H3/t16-;13-;/m00./s1. The summed E-state index contributed by atoms with van der Waals surface area (Å²) in [7, 11) is 1.71. The normalized spacial score (nSPS) is 16.9. The summed E-state index contributed by atoms with van der Waals surface area (Å²) in [5, 5.41) is 7.30. The van der Waals surface area contributed by atoms with E-state index in [1.54, 1.807) is 60.5 Å². The highest BCUT2D eigenvalue weighted by Gasteiger charge is 2.34. The number of Topliss-reactive ketones (excluding diaryl/α,β-unsaturated/α-hetero) is 2. The van der Waals surface area contributed by atoms with Gasteiger partial charge in [-0.05, 0) is 87.0 Å². The summed E-state index contributed by atoms with van der Waals surface area (Å²) in [6, 6.07) is 21.2.